The Morgan fingerprint density at radius 2 is 2.25 bits per heavy atom. The Morgan fingerprint density at radius 1 is 1.50 bits per heavy atom. The number of anilines is 2. The quantitative estimate of drug-likeness (QED) is 0.781. The maximum absolute atomic E-state index is 12.0. The Hall–Kier alpha value is -1.75. The average Bonchev–Trinajstić information content (AvgIpc) is 2.36. The van der Waals surface area contributed by atoms with Gasteiger partial charge in [0.25, 0.3) is 0 Å². The first-order chi connectivity index (χ1) is 9.60. The molecule has 110 valence electrons. The molecule has 1 amide bonds. The highest BCUT2D eigenvalue weighted by Crippen LogP contribution is 2.27. The Balaban J connectivity index is 1.84. The number of nitrogens with one attached hydrogen (secondary N) is 1. The topological polar surface area (TPSA) is 67.6 Å². The summed E-state index contributed by atoms with van der Waals surface area (Å²) >= 11 is 0. The molecule has 0 unspecified atom stereocenters. The third kappa shape index (κ3) is 3.63. The van der Waals surface area contributed by atoms with Gasteiger partial charge < -0.3 is 20.7 Å². The Labute approximate surface area is 120 Å². The van der Waals surface area contributed by atoms with Gasteiger partial charge in [0, 0.05) is 30.8 Å². The fraction of sp³-hybridized carbons (Fsp3) is 0.533. The van der Waals surface area contributed by atoms with Crippen LogP contribution in [0.4, 0.5) is 11.4 Å². The van der Waals surface area contributed by atoms with E-state index in [1.807, 2.05) is 0 Å². The van der Waals surface area contributed by atoms with Crippen LogP contribution in [0.2, 0.25) is 0 Å². The molecule has 0 saturated heterocycles. The van der Waals surface area contributed by atoms with E-state index in [2.05, 4.69) is 17.3 Å². The van der Waals surface area contributed by atoms with Crippen molar-refractivity contribution in [2.75, 3.05) is 31.8 Å². The lowest BCUT2D eigenvalue weighted by atomic mass is 9.92. The molecule has 5 nitrogen and oxygen atoms in total. The van der Waals surface area contributed by atoms with Crippen LogP contribution in [0.15, 0.2) is 18.2 Å². The summed E-state index contributed by atoms with van der Waals surface area (Å²) < 4.78 is 5.21. The van der Waals surface area contributed by atoms with Crippen LogP contribution in [0.25, 0.3) is 0 Å². The zero-order valence-corrected chi connectivity index (χ0v) is 12.2. The van der Waals surface area contributed by atoms with Crippen molar-refractivity contribution in [2.24, 2.45) is 0 Å². The lowest BCUT2D eigenvalue weighted by Crippen LogP contribution is -2.38. The molecule has 1 saturated carbocycles. The number of amides is 1. The summed E-state index contributed by atoms with van der Waals surface area (Å²) in [7, 11) is 3.65. The second-order valence-corrected chi connectivity index (χ2v) is 5.32. The number of hydrogen-bond donors (Lipinski definition) is 2. The monoisotopic (exact) mass is 277 g/mol. The SMILES string of the molecule is COc1cc(N)ccc1NC(=O)CCN(C)C1CCC1. The molecule has 1 fully saturated rings. The van der Waals surface area contributed by atoms with Gasteiger partial charge in [-0.3, -0.25) is 4.79 Å². The first-order valence-electron chi connectivity index (χ1n) is 7.03. The molecule has 0 atom stereocenters. The minimum atomic E-state index is -0.000699. The normalized spacial score (nSPS) is 14.9. The summed E-state index contributed by atoms with van der Waals surface area (Å²) in [4.78, 5) is 14.2. The molecule has 0 aliphatic heterocycles. The molecule has 1 aliphatic rings. The zero-order valence-electron chi connectivity index (χ0n) is 12.2. The standard InChI is InChI=1S/C15H23N3O2/c1-18(12-4-3-5-12)9-8-15(19)17-13-7-6-11(16)10-14(13)20-2/h6-7,10,12H,3-5,8-9,16H2,1-2H3,(H,17,19). The van der Waals surface area contributed by atoms with Gasteiger partial charge in [0.05, 0.1) is 12.8 Å². The van der Waals surface area contributed by atoms with E-state index >= 15 is 0 Å². The van der Waals surface area contributed by atoms with Gasteiger partial charge in [-0.25, -0.2) is 0 Å². The van der Waals surface area contributed by atoms with Gasteiger partial charge in [-0.1, -0.05) is 6.42 Å². The number of hydrogen-bond acceptors (Lipinski definition) is 4. The minimum absolute atomic E-state index is 0.000699. The zero-order chi connectivity index (χ0) is 14.5. The fourth-order valence-electron chi connectivity index (χ4n) is 2.31. The molecule has 0 radical (unpaired) electrons. The number of methoxy groups -OCH3 is 1. The number of benzene rings is 1. The molecular formula is C15H23N3O2. The van der Waals surface area contributed by atoms with E-state index in [1.165, 1.54) is 19.3 Å². The lowest BCUT2D eigenvalue weighted by molar-refractivity contribution is -0.116. The van der Waals surface area contributed by atoms with Crippen molar-refractivity contribution >= 4 is 17.3 Å². The van der Waals surface area contributed by atoms with Crippen LogP contribution in [-0.2, 0) is 4.79 Å². The number of carbonyl (C=O) groups is 1. The molecule has 1 aromatic rings. The van der Waals surface area contributed by atoms with Crippen LogP contribution in [-0.4, -0.2) is 37.6 Å². The fourth-order valence-corrected chi connectivity index (χ4v) is 2.31. The molecule has 5 heteroatoms. The molecule has 0 heterocycles. The van der Waals surface area contributed by atoms with Crippen molar-refractivity contribution in [1.29, 1.82) is 0 Å². The molecule has 0 bridgehead atoms. The molecule has 1 aliphatic carbocycles. The third-order valence-corrected chi connectivity index (χ3v) is 3.89. The van der Waals surface area contributed by atoms with Gasteiger partial charge in [-0.2, -0.15) is 0 Å². The van der Waals surface area contributed by atoms with E-state index in [4.69, 9.17) is 10.5 Å². The molecule has 2 rings (SSSR count). The molecule has 3 N–H and O–H groups in total. The van der Waals surface area contributed by atoms with E-state index in [-0.39, 0.29) is 5.91 Å². The van der Waals surface area contributed by atoms with Crippen molar-refractivity contribution in [3.63, 3.8) is 0 Å². The van der Waals surface area contributed by atoms with Crippen molar-refractivity contribution in [1.82, 2.24) is 4.90 Å². The van der Waals surface area contributed by atoms with Crippen molar-refractivity contribution in [3.05, 3.63) is 18.2 Å². The molecule has 1 aromatic carbocycles. The lowest BCUT2D eigenvalue weighted by Gasteiger charge is -2.34. The summed E-state index contributed by atoms with van der Waals surface area (Å²) in [6.45, 7) is 0.786. The first-order valence-corrected chi connectivity index (χ1v) is 7.03. The maximum atomic E-state index is 12.0. The van der Waals surface area contributed by atoms with Gasteiger partial charge in [-0.05, 0) is 32.0 Å². The van der Waals surface area contributed by atoms with E-state index < -0.39 is 0 Å². The van der Waals surface area contributed by atoms with Crippen molar-refractivity contribution in [3.8, 4) is 5.75 Å². The number of ether oxygens (including phenoxy) is 1. The van der Waals surface area contributed by atoms with E-state index in [1.54, 1.807) is 25.3 Å². The summed E-state index contributed by atoms with van der Waals surface area (Å²) in [5.41, 5.74) is 6.97. The number of nitrogen functional groups attached to an aromatic ring is 1. The molecular weight excluding hydrogens is 254 g/mol. The number of nitrogens with two attached hydrogens (primary N) is 1. The van der Waals surface area contributed by atoms with Crippen LogP contribution in [0.3, 0.4) is 0 Å². The minimum Gasteiger partial charge on any atom is -0.494 e. The van der Waals surface area contributed by atoms with Crippen molar-refractivity contribution in [2.45, 2.75) is 31.7 Å². The highest BCUT2D eigenvalue weighted by Gasteiger charge is 2.22. The maximum Gasteiger partial charge on any atom is 0.225 e. The Morgan fingerprint density at radius 3 is 2.85 bits per heavy atom. The largest absolute Gasteiger partial charge is 0.494 e. The van der Waals surface area contributed by atoms with Gasteiger partial charge in [-0.15, -0.1) is 0 Å². The highest BCUT2D eigenvalue weighted by atomic mass is 16.5. The van der Waals surface area contributed by atoms with Gasteiger partial charge >= 0.3 is 0 Å². The second-order valence-electron chi connectivity index (χ2n) is 5.32. The number of carbonyl (C=O) groups excluding carboxylic acids is 1. The smallest absolute Gasteiger partial charge is 0.225 e. The van der Waals surface area contributed by atoms with Crippen LogP contribution in [0.5, 0.6) is 5.75 Å². The third-order valence-electron chi connectivity index (χ3n) is 3.89. The van der Waals surface area contributed by atoms with E-state index in [9.17, 15) is 4.79 Å². The van der Waals surface area contributed by atoms with Crippen LogP contribution < -0.4 is 15.8 Å². The van der Waals surface area contributed by atoms with Crippen LogP contribution in [0.1, 0.15) is 25.7 Å². The summed E-state index contributed by atoms with van der Waals surface area (Å²) in [5.74, 6) is 0.588. The Kier molecular flexibility index (Phi) is 4.84. The van der Waals surface area contributed by atoms with E-state index in [0.717, 1.165) is 6.54 Å². The second kappa shape index (κ2) is 6.61. The van der Waals surface area contributed by atoms with Gasteiger partial charge in [0.1, 0.15) is 5.75 Å². The summed E-state index contributed by atoms with van der Waals surface area (Å²) in [5, 5.41) is 2.87. The van der Waals surface area contributed by atoms with Crippen molar-refractivity contribution < 1.29 is 9.53 Å². The highest BCUT2D eigenvalue weighted by molar-refractivity contribution is 5.92. The Bertz CT molecular complexity index is 472. The molecule has 0 aromatic heterocycles. The van der Waals surface area contributed by atoms with E-state index in [0.29, 0.717) is 29.6 Å². The number of rotatable bonds is 6. The molecule has 20 heavy (non-hydrogen) atoms. The molecule has 0 spiro atoms. The van der Waals surface area contributed by atoms with Gasteiger partial charge in [0.15, 0.2) is 0 Å². The number of nitrogens with zero attached hydrogens (tertiary/aromatic N) is 1. The average molecular weight is 277 g/mol. The predicted molar refractivity (Wildman–Crippen MR) is 80.9 cm³/mol. The summed E-state index contributed by atoms with van der Waals surface area (Å²) in [6.07, 6.45) is 4.30. The van der Waals surface area contributed by atoms with Crippen LogP contribution >= 0.6 is 0 Å². The van der Waals surface area contributed by atoms with Crippen LogP contribution in [0, 0.1) is 0 Å². The van der Waals surface area contributed by atoms with Gasteiger partial charge in [0.2, 0.25) is 5.91 Å². The predicted octanol–water partition coefficient (Wildman–Crippen LogP) is 2.09. The first kappa shape index (κ1) is 14.7. The summed E-state index contributed by atoms with van der Waals surface area (Å²) in [6, 6.07) is 5.88.